The number of nitrogen functional groups attached to an aromatic ring is 1. The molecular weight excluding hydrogens is 469 g/mol. The second-order valence-corrected chi connectivity index (χ2v) is 10.2. The monoisotopic (exact) mass is 501 g/mol. The van der Waals surface area contributed by atoms with E-state index in [0.29, 0.717) is 23.7 Å². The summed E-state index contributed by atoms with van der Waals surface area (Å²) in [4.78, 5) is 31.8. The van der Waals surface area contributed by atoms with Crippen LogP contribution in [0.15, 0.2) is 72.9 Å². The van der Waals surface area contributed by atoms with Crippen LogP contribution in [-0.2, 0) is 9.59 Å². The highest BCUT2D eigenvalue weighted by atomic mass is 19.1. The van der Waals surface area contributed by atoms with Crippen molar-refractivity contribution in [2.24, 2.45) is 5.92 Å². The van der Waals surface area contributed by atoms with Crippen molar-refractivity contribution in [1.82, 2.24) is 9.88 Å². The molecule has 8 heteroatoms. The van der Waals surface area contributed by atoms with E-state index in [1.807, 2.05) is 30.3 Å². The normalized spacial score (nSPS) is 18.2. The van der Waals surface area contributed by atoms with Crippen molar-refractivity contribution < 1.29 is 14.0 Å². The van der Waals surface area contributed by atoms with E-state index in [0.717, 1.165) is 23.9 Å². The molecule has 4 rings (SSSR count). The summed E-state index contributed by atoms with van der Waals surface area (Å²) < 4.78 is 13.2. The molecule has 0 radical (unpaired) electrons. The summed E-state index contributed by atoms with van der Waals surface area (Å²) in [6, 6.07) is 17.7. The van der Waals surface area contributed by atoms with Crippen molar-refractivity contribution in [2.75, 3.05) is 29.5 Å². The van der Waals surface area contributed by atoms with Gasteiger partial charge in [0.2, 0.25) is 11.8 Å². The molecular formula is C29H32FN5O2. The minimum atomic E-state index is -0.452. The van der Waals surface area contributed by atoms with E-state index in [1.165, 1.54) is 18.2 Å². The van der Waals surface area contributed by atoms with Gasteiger partial charge in [-0.05, 0) is 62.2 Å². The van der Waals surface area contributed by atoms with Crippen LogP contribution in [0.5, 0.6) is 0 Å². The number of para-hydroxylation sites is 2. The molecule has 1 saturated heterocycles. The van der Waals surface area contributed by atoms with E-state index in [9.17, 15) is 14.0 Å². The van der Waals surface area contributed by atoms with Crippen LogP contribution in [0.2, 0.25) is 0 Å². The molecule has 2 atom stereocenters. The number of nitrogens with zero attached hydrogens (tertiary/aromatic N) is 2. The van der Waals surface area contributed by atoms with Crippen LogP contribution in [0.1, 0.15) is 37.8 Å². The van der Waals surface area contributed by atoms with Crippen LogP contribution >= 0.6 is 0 Å². The molecule has 192 valence electrons. The Kier molecular flexibility index (Phi) is 7.69. The zero-order chi connectivity index (χ0) is 26.6. The van der Waals surface area contributed by atoms with Crippen LogP contribution in [0.25, 0.3) is 6.08 Å². The van der Waals surface area contributed by atoms with Gasteiger partial charge in [0.05, 0.1) is 23.5 Å². The maximum absolute atomic E-state index is 13.2. The molecule has 0 spiro atoms. The summed E-state index contributed by atoms with van der Waals surface area (Å²) in [6.45, 7) is 7.73. The highest BCUT2D eigenvalue weighted by molar-refractivity contribution is 6.03. The van der Waals surface area contributed by atoms with Crippen LogP contribution in [0, 0.1) is 11.7 Å². The average Bonchev–Trinajstić information content (AvgIpc) is 3.32. The number of likely N-dealkylation sites (tertiary alicyclic amines) is 1. The quantitative estimate of drug-likeness (QED) is 0.329. The van der Waals surface area contributed by atoms with E-state index in [4.69, 9.17) is 5.73 Å². The Labute approximate surface area is 216 Å². The van der Waals surface area contributed by atoms with Crippen molar-refractivity contribution in [3.05, 3.63) is 89.9 Å². The van der Waals surface area contributed by atoms with Gasteiger partial charge in [-0.25, -0.2) is 9.37 Å². The highest BCUT2D eigenvalue weighted by Gasteiger charge is 2.42. The number of hydrogen-bond donors (Lipinski definition) is 3. The summed E-state index contributed by atoms with van der Waals surface area (Å²) in [6.07, 6.45) is 4.29. The number of carbonyl (C=O) groups excluding carboxylic acids is 2. The summed E-state index contributed by atoms with van der Waals surface area (Å²) >= 11 is 0. The number of pyridine rings is 1. The van der Waals surface area contributed by atoms with Crippen LogP contribution in [0.4, 0.5) is 21.6 Å². The number of aromatic nitrogens is 1. The van der Waals surface area contributed by atoms with Gasteiger partial charge < -0.3 is 16.4 Å². The Bertz CT molecular complexity index is 1280. The maximum Gasteiger partial charge on any atom is 0.248 e. The Hall–Kier alpha value is -4.04. The van der Waals surface area contributed by atoms with Gasteiger partial charge in [0.15, 0.2) is 0 Å². The standard InChI is InChI=1S/C29H32FN5O2/c1-29(2,3)35-17-22(23(18-35)28(37)34-26-14-13-21(30)16-32-26)20-11-8-19(9-12-20)10-15-27(36)33-25-7-5-4-6-24(25)31/h4-16,22-23H,17-18,31H2,1-3H3,(H,33,36)(H,32,34,37)/b15-10+. The minimum absolute atomic E-state index is 0.0259. The lowest BCUT2D eigenvalue weighted by Crippen LogP contribution is -2.40. The molecule has 1 aromatic heterocycles. The summed E-state index contributed by atoms with van der Waals surface area (Å²) in [5.74, 6) is -0.861. The number of hydrogen-bond acceptors (Lipinski definition) is 5. The molecule has 37 heavy (non-hydrogen) atoms. The highest BCUT2D eigenvalue weighted by Crippen LogP contribution is 2.37. The molecule has 2 aromatic carbocycles. The van der Waals surface area contributed by atoms with Crippen molar-refractivity contribution >= 4 is 35.1 Å². The maximum atomic E-state index is 13.2. The molecule has 0 bridgehead atoms. The summed E-state index contributed by atoms with van der Waals surface area (Å²) in [5.41, 5.74) is 8.76. The lowest BCUT2D eigenvalue weighted by molar-refractivity contribution is -0.120. The fourth-order valence-electron chi connectivity index (χ4n) is 4.44. The molecule has 3 aromatic rings. The lowest BCUT2D eigenvalue weighted by atomic mass is 9.88. The Morgan fingerprint density at radius 2 is 1.76 bits per heavy atom. The number of benzene rings is 2. The zero-order valence-corrected chi connectivity index (χ0v) is 21.2. The smallest absolute Gasteiger partial charge is 0.248 e. The van der Waals surface area contributed by atoms with Gasteiger partial charge in [-0.1, -0.05) is 36.4 Å². The number of nitrogens with two attached hydrogens (primary N) is 1. The van der Waals surface area contributed by atoms with Crippen molar-refractivity contribution in [3.63, 3.8) is 0 Å². The summed E-state index contributed by atoms with van der Waals surface area (Å²) in [5, 5.41) is 5.61. The van der Waals surface area contributed by atoms with Gasteiger partial charge >= 0.3 is 0 Å². The molecule has 7 nitrogen and oxygen atoms in total. The Morgan fingerprint density at radius 1 is 1.03 bits per heavy atom. The van der Waals surface area contributed by atoms with Gasteiger partial charge in [-0.3, -0.25) is 14.5 Å². The number of anilines is 3. The molecule has 0 saturated carbocycles. The van der Waals surface area contributed by atoms with Gasteiger partial charge in [-0.2, -0.15) is 0 Å². The molecule has 1 aliphatic heterocycles. The van der Waals surface area contributed by atoms with E-state index >= 15 is 0 Å². The first-order valence-corrected chi connectivity index (χ1v) is 12.2. The third kappa shape index (κ3) is 6.59. The second kappa shape index (κ2) is 10.9. The largest absolute Gasteiger partial charge is 0.397 e. The molecule has 1 fully saturated rings. The van der Waals surface area contributed by atoms with Crippen LogP contribution in [-0.4, -0.2) is 40.3 Å². The molecule has 4 N–H and O–H groups in total. The predicted octanol–water partition coefficient (Wildman–Crippen LogP) is 4.91. The average molecular weight is 502 g/mol. The van der Waals surface area contributed by atoms with E-state index in [2.05, 4.69) is 41.3 Å². The van der Waals surface area contributed by atoms with Crippen molar-refractivity contribution in [2.45, 2.75) is 32.2 Å². The van der Waals surface area contributed by atoms with Crippen LogP contribution < -0.4 is 16.4 Å². The minimum Gasteiger partial charge on any atom is -0.397 e. The third-order valence-electron chi connectivity index (χ3n) is 6.59. The molecule has 2 heterocycles. The SMILES string of the molecule is CC(C)(C)N1CC(C(=O)Nc2ccc(F)cn2)C(c2ccc(/C=C/C(=O)Nc3ccccc3N)cc2)C1. The first kappa shape index (κ1) is 26.0. The van der Waals surface area contributed by atoms with E-state index < -0.39 is 5.82 Å². The molecule has 2 unspecified atom stereocenters. The van der Waals surface area contributed by atoms with Gasteiger partial charge in [-0.15, -0.1) is 0 Å². The van der Waals surface area contributed by atoms with E-state index in [1.54, 1.807) is 24.3 Å². The topological polar surface area (TPSA) is 100 Å². The number of carbonyl (C=O) groups is 2. The molecule has 2 amide bonds. The van der Waals surface area contributed by atoms with Crippen LogP contribution in [0.3, 0.4) is 0 Å². The van der Waals surface area contributed by atoms with Gasteiger partial charge in [0, 0.05) is 30.6 Å². The van der Waals surface area contributed by atoms with Crippen molar-refractivity contribution in [1.29, 1.82) is 0 Å². The summed E-state index contributed by atoms with van der Waals surface area (Å²) in [7, 11) is 0. The Balaban J connectivity index is 1.47. The fourth-order valence-corrected chi connectivity index (χ4v) is 4.44. The first-order valence-electron chi connectivity index (χ1n) is 12.2. The van der Waals surface area contributed by atoms with Crippen molar-refractivity contribution in [3.8, 4) is 0 Å². The zero-order valence-electron chi connectivity index (χ0n) is 21.2. The predicted molar refractivity (Wildman–Crippen MR) is 145 cm³/mol. The number of amides is 2. The number of nitrogens with one attached hydrogen (secondary N) is 2. The molecule has 0 aliphatic carbocycles. The number of rotatable bonds is 6. The van der Waals surface area contributed by atoms with Gasteiger partial charge in [0.25, 0.3) is 0 Å². The lowest BCUT2D eigenvalue weighted by Gasteiger charge is -2.31. The van der Waals surface area contributed by atoms with E-state index in [-0.39, 0.29) is 29.2 Å². The third-order valence-corrected chi connectivity index (χ3v) is 6.59. The number of halogens is 1. The first-order chi connectivity index (χ1) is 17.6. The van der Waals surface area contributed by atoms with Gasteiger partial charge in [0.1, 0.15) is 11.6 Å². The second-order valence-electron chi connectivity index (χ2n) is 10.2. The Morgan fingerprint density at radius 3 is 2.41 bits per heavy atom. The fraction of sp³-hybridized carbons (Fsp3) is 0.276. The molecule has 1 aliphatic rings.